The van der Waals surface area contributed by atoms with E-state index in [4.69, 9.17) is 0 Å². The Hall–Kier alpha value is -4.16. The Morgan fingerprint density at radius 2 is 1.12 bits per heavy atom. The molecule has 0 atom stereocenters. The number of amides is 2. The minimum atomic E-state index is -4.78. The van der Waals surface area contributed by atoms with Crippen LogP contribution in [-0.4, -0.2) is 37.8 Å². The molecule has 0 aliphatic rings. The van der Waals surface area contributed by atoms with Gasteiger partial charge in [-0.2, -0.15) is 27.1 Å². The van der Waals surface area contributed by atoms with Gasteiger partial charge < -0.3 is 10.6 Å². The van der Waals surface area contributed by atoms with Gasteiger partial charge in [0.25, 0.3) is 32.1 Å². The fraction of sp³-hybridized carbons (Fsp3) is 0. The van der Waals surface area contributed by atoms with E-state index in [0.29, 0.717) is 0 Å². The van der Waals surface area contributed by atoms with Crippen molar-refractivity contribution in [1.29, 1.82) is 0 Å². The van der Waals surface area contributed by atoms with Crippen LogP contribution in [0, 0.1) is 0 Å². The summed E-state index contributed by atoms with van der Waals surface area (Å²) >= 11 is 0. The Kier molecular flexibility index (Phi) is 8.16. The summed E-state index contributed by atoms with van der Waals surface area (Å²) in [5, 5.41) is 12.0. The molecule has 0 spiro atoms. The van der Waals surface area contributed by atoms with Gasteiger partial charge in [0.15, 0.2) is 0 Å². The molecule has 2 aromatic rings. The zero-order valence-electron chi connectivity index (χ0n) is 17.1. The quantitative estimate of drug-likeness (QED) is 0.182. The highest BCUT2D eigenvalue weighted by Crippen LogP contribution is 2.30. The zero-order valence-corrected chi connectivity index (χ0v) is 18.7. The third-order valence-corrected chi connectivity index (χ3v) is 5.54. The number of carbonyl (C=O) groups is 2. The molecule has 2 aromatic carbocycles. The lowest BCUT2D eigenvalue weighted by Crippen LogP contribution is -2.11. The van der Waals surface area contributed by atoms with Gasteiger partial charge in [-0.05, 0) is 36.4 Å². The first-order valence-electron chi connectivity index (χ1n) is 8.83. The third-order valence-electron chi connectivity index (χ3n) is 3.75. The molecule has 0 unspecified atom stereocenters. The van der Waals surface area contributed by atoms with Gasteiger partial charge in [0.2, 0.25) is 0 Å². The lowest BCUT2D eigenvalue weighted by atomic mass is 10.2. The third kappa shape index (κ3) is 7.18. The van der Waals surface area contributed by atoms with Crippen LogP contribution >= 0.6 is 0 Å². The minimum absolute atomic E-state index is 0.0909. The number of nitrogens with one attached hydrogen (secondary N) is 2. The Morgan fingerprint density at radius 1 is 0.765 bits per heavy atom. The number of hydrogen-bond donors (Lipinski definition) is 4. The van der Waals surface area contributed by atoms with Gasteiger partial charge in [0, 0.05) is 12.2 Å². The molecule has 176 valence electrons. The molecule has 0 aliphatic carbocycles. The first-order chi connectivity index (χ1) is 15.8. The standard InChI is InChI=1S/C20H16N4O8S2/c1-3-5-19(25)21-15-9-7-13(11-17(15)33(27,28)29)23-24-14-8-10-16(22-20(26)6-4-2)18(12-14)34(30,31)32/h5-12H,1-2H2,(H,21,25)(H,22,26)(H,27,28,29)(H,30,31,32). The van der Waals surface area contributed by atoms with Crippen LogP contribution in [0.1, 0.15) is 0 Å². The van der Waals surface area contributed by atoms with Crippen molar-refractivity contribution in [3.63, 3.8) is 0 Å². The summed E-state index contributed by atoms with van der Waals surface area (Å²) < 4.78 is 65.7. The highest BCUT2D eigenvalue weighted by atomic mass is 32.2. The van der Waals surface area contributed by atoms with E-state index in [2.05, 4.69) is 45.5 Å². The summed E-state index contributed by atoms with van der Waals surface area (Å²) in [6.07, 6.45) is 1.82. The SMILES string of the molecule is C=C=CC(=O)Nc1ccc(N=Nc2ccc(NC(=O)C=C=C)c(S(=O)(=O)O)c2)cc1S(=O)(=O)O. The average Bonchev–Trinajstić information content (AvgIpc) is 2.72. The highest BCUT2D eigenvalue weighted by molar-refractivity contribution is 7.86. The number of nitrogens with zero attached hydrogens (tertiary/aromatic N) is 2. The number of hydrogen-bond acceptors (Lipinski definition) is 8. The van der Waals surface area contributed by atoms with Crippen molar-refractivity contribution in [3.8, 4) is 0 Å². The van der Waals surface area contributed by atoms with Crippen LogP contribution in [0.3, 0.4) is 0 Å². The summed E-state index contributed by atoms with van der Waals surface area (Å²) in [5.74, 6) is -1.49. The predicted octanol–water partition coefficient (Wildman–Crippen LogP) is 3.15. The molecule has 0 radical (unpaired) electrons. The van der Waals surface area contributed by atoms with Crippen LogP contribution in [0.25, 0.3) is 0 Å². The molecule has 4 N–H and O–H groups in total. The Bertz CT molecular complexity index is 1390. The normalized spacial score (nSPS) is 11.2. The Morgan fingerprint density at radius 3 is 1.41 bits per heavy atom. The van der Waals surface area contributed by atoms with Crippen LogP contribution < -0.4 is 10.6 Å². The highest BCUT2D eigenvalue weighted by Gasteiger charge is 2.19. The molecule has 0 heterocycles. The van der Waals surface area contributed by atoms with E-state index in [-0.39, 0.29) is 22.7 Å². The first-order valence-corrected chi connectivity index (χ1v) is 11.7. The van der Waals surface area contributed by atoms with Crippen molar-refractivity contribution in [1.82, 2.24) is 0 Å². The number of azo groups is 1. The Balaban J connectivity index is 2.46. The number of benzene rings is 2. The second-order valence-electron chi connectivity index (χ2n) is 6.19. The summed E-state index contributed by atoms with van der Waals surface area (Å²) in [6.45, 7) is 6.42. The zero-order chi connectivity index (χ0) is 25.5. The molecular formula is C20H16N4O8S2. The molecule has 0 aromatic heterocycles. The smallest absolute Gasteiger partial charge is 0.296 e. The monoisotopic (exact) mass is 504 g/mol. The van der Waals surface area contributed by atoms with Gasteiger partial charge in [-0.1, -0.05) is 13.2 Å². The van der Waals surface area contributed by atoms with Crippen LogP contribution in [0.15, 0.2) is 93.2 Å². The van der Waals surface area contributed by atoms with E-state index >= 15 is 0 Å². The van der Waals surface area contributed by atoms with Crippen LogP contribution in [-0.2, 0) is 29.8 Å². The van der Waals surface area contributed by atoms with E-state index < -0.39 is 41.8 Å². The molecule has 14 heteroatoms. The van der Waals surface area contributed by atoms with Crippen LogP contribution in [0.5, 0.6) is 0 Å². The van der Waals surface area contributed by atoms with Crippen molar-refractivity contribution in [3.05, 3.63) is 73.2 Å². The van der Waals surface area contributed by atoms with E-state index in [1.165, 1.54) is 12.1 Å². The van der Waals surface area contributed by atoms with Crippen LogP contribution in [0.2, 0.25) is 0 Å². The van der Waals surface area contributed by atoms with Crippen molar-refractivity contribution in [2.75, 3.05) is 10.6 Å². The summed E-state index contributed by atoms with van der Waals surface area (Å²) in [7, 11) is -9.56. The summed E-state index contributed by atoms with van der Waals surface area (Å²) in [5.41, 5.74) is 3.73. The molecule has 2 rings (SSSR count). The Labute approximate surface area is 194 Å². The molecule has 2 amide bonds. The van der Waals surface area contributed by atoms with E-state index in [1.54, 1.807) is 0 Å². The van der Waals surface area contributed by atoms with Gasteiger partial charge in [0.1, 0.15) is 9.79 Å². The topological polar surface area (TPSA) is 192 Å². The average molecular weight is 505 g/mol. The molecule has 0 saturated heterocycles. The maximum absolute atomic E-state index is 11.7. The van der Waals surface area contributed by atoms with E-state index in [0.717, 1.165) is 36.4 Å². The number of anilines is 2. The van der Waals surface area contributed by atoms with Gasteiger partial charge in [0.05, 0.1) is 22.7 Å². The van der Waals surface area contributed by atoms with Gasteiger partial charge >= 0.3 is 0 Å². The molecule has 0 fully saturated rings. The fourth-order valence-electron chi connectivity index (χ4n) is 2.42. The van der Waals surface area contributed by atoms with Crippen molar-refractivity contribution >= 4 is 54.8 Å². The van der Waals surface area contributed by atoms with E-state index in [9.17, 15) is 35.5 Å². The van der Waals surface area contributed by atoms with Crippen molar-refractivity contribution < 1.29 is 35.5 Å². The van der Waals surface area contributed by atoms with Crippen molar-refractivity contribution in [2.45, 2.75) is 9.79 Å². The number of rotatable bonds is 8. The number of carbonyl (C=O) groups excluding carboxylic acids is 2. The maximum atomic E-state index is 11.7. The summed E-state index contributed by atoms with van der Waals surface area (Å²) in [6, 6.07) is 6.61. The van der Waals surface area contributed by atoms with Gasteiger partial charge in [-0.25, -0.2) is 0 Å². The maximum Gasteiger partial charge on any atom is 0.296 e. The second-order valence-corrected chi connectivity index (χ2v) is 8.97. The molecule has 34 heavy (non-hydrogen) atoms. The first kappa shape index (κ1) is 26.1. The molecular weight excluding hydrogens is 488 g/mol. The summed E-state index contributed by atoms with van der Waals surface area (Å²) in [4.78, 5) is 21.9. The van der Waals surface area contributed by atoms with Crippen molar-refractivity contribution in [2.24, 2.45) is 10.2 Å². The fourth-order valence-corrected chi connectivity index (χ4v) is 3.75. The van der Waals surface area contributed by atoms with Gasteiger partial charge in [-0.15, -0.1) is 11.5 Å². The largest absolute Gasteiger partial charge is 0.321 e. The second kappa shape index (κ2) is 10.6. The molecule has 0 bridgehead atoms. The van der Waals surface area contributed by atoms with Gasteiger partial charge in [-0.3, -0.25) is 18.7 Å². The van der Waals surface area contributed by atoms with E-state index in [1.807, 2.05) is 0 Å². The molecule has 12 nitrogen and oxygen atoms in total. The lowest BCUT2D eigenvalue weighted by molar-refractivity contribution is -0.112. The molecule has 0 aliphatic heterocycles. The minimum Gasteiger partial charge on any atom is -0.321 e. The van der Waals surface area contributed by atoms with Crippen LogP contribution in [0.4, 0.5) is 22.7 Å². The predicted molar refractivity (Wildman–Crippen MR) is 121 cm³/mol. The lowest BCUT2D eigenvalue weighted by Gasteiger charge is -2.09. The molecule has 0 saturated carbocycles.